The largest absolute Gasteiger partial charge is 0.390 e. The maximum Gasteiger partial charge on any atom is 0.0791 e. The molecule has 18 heavy (non-hydrogen) atoms. The molecule has 0 heterocycles. The molecule has 0 bridgehead atoms. The van der Waals surface area contributed by atoms with E-state index < -0.39 is 0 Å². The molecular formula is C14H23BrN2O. The standard InChI is InChI=1S/C14H23BrN2O/c1-11(2)16-8-14(18)10-17(3)9-12-5-4-6-13(15)7-12/h4-7,11,14,16,18H,8-10H2,1-3H3. The Morgan fingerprint density at radius 2 is 2.11 bits per heavy atom. The molecule has 0 fully saturated rings. The van der Waals surface area contributed by atoms with E-state index in [9.17, 15) is 5.11 Å². The third kappa shape index (κ3) is 6.50. The van der Waals surface area contributed by atoms with Crippen molar-refractivity contribution in [1.29, 1.82) is 0 Å². The number of aliphatic hydroxyl groups excluding tert-OH is 1. The summed E-state index contributed by atoms with van der Waals surface area (Å²) in [5.74, 6) is 0. The van der Waals surface area contributed by atoms with E-state index in [0.29, 0.717) is 19.1 Å². The van der Waals surface area contributed by atoms with E-state index in [1.165, 1.54) is 5.56 Å². The highest BCUT2D eigenvalue weighted by atomic mass is 79.9. The highest BCUT2D eigenvalue weighted by Gasteiger charge is 2.09. The molecule has 1 rings (SSSR count). The summed E-state index contributed by atoms with van der Waals surface area (Å²) < 4.78 is 1.09. The lowest BCUT2D eigenvalue weighted by molar-refractivity contribution is 0.119. The number of aliphatic hydroxyl groups is 1. The molecule has 0 aliphatic rings. The van der Waals surface area contributed by atoms with E-state index in [4.69, 9.17) is 0 Å². The molecule has 0 aromatic heterocycles. The molecule has 1 aromatic carbocycles. The minimum atomic E-state index is -0.329. The van der Waals surface area contributed by atoms with Crippen LogP contribution in [0.2, 0.25) is 0 Å². The number of likely N-dealkylation sites (N-methyl/N-ethyl adjacent to an activating group) is 1. The highest BCUT2D eigenvalue weighted by Crippen LogP contribution is 2.12. The summed E-state index contributed by atoms with van der Waals surface area (Å²) in [5.41, 5.74) is 1.25. The lowest BCUT2D eigenvalue weighted by atomic mass is 10.2. The predicted octanol–water partition coefficient (Wildman–Crippen LogP) is 2.24. The predicted molar refractivity (Wildman–Crippen MR) is 79.6 cm³/mol. The number of hydrogen-bond acceptors (Lipinski definition) is 3. The van der Waals surface area contributed by atoms with Gasteiger partial charge in [-0.3, -0.25) is 4.90 Å². The van der Waals surface area contributed by atoms with E-state index in [2.05, 4.69) is 52.1 Å². The number of nitrogens with one attached hydrogen (secondary N) is 1. The second-order valence-electron chi connectivity index (χ2n) is 5.04. The highest BCUT2D eigenvalue weighted by molar-refractivity contribution is 9.10. The van der Waals surface area contributed by atoms with Crippen molar-refractivity contribution in [3.8, 4) is 0 Å². The molecule has 4 heteroatoms. The van der Waals surface area contributed by atoms with Gasteiger partial charge in [-0.1, -0.05) is 41.9 Å². The van der Waals surface area contributed by atoms with Crippen LogP contribution < -0.4 is 5.32 Å². The van der Waals surface area contributed by atoms with Gasteiger partial charge in [0, 0.05) is 30.1 Å². The van der Waals surface area contributed by atoms with Gasteiger partial charge in [-0.25, -0.2) is 0 Å². The zero-order chi connectivity index (χ0) is 13.5. The molecule has 0 aliphatic heterocycles. The molecule has 3 nitrogen and oxygen atoms in total. The zero-order valence-corrected chi connectivity index (χ0v) is 12.9. The first-order chi connectivity index (χ1) is 8.47. The van der Waals surface area contributed by atoms with Crippen molar-refractivity contribution in [2.75, 3.05) is 20.1 Å². The van der Waals surface area contributed by atoms with Gasteiger partial charge >= 0.3 is 0 Å². The molecule has 0 radical (unpaired) electrons. The first-order valence-electron chi connectivity index (χ1n) is 6.32. The Morgan fingerprint density at radius 3 is 2.72 bits per heavy atom. The molecule has 102 valence electrons. The molecule has 1 aromatic rings. The van der Waals surface area contributed by atoms with Crippen molar-refractivity contribution in [3.63, 3.8) is 0 Å². The van der Waals surface area contributed by atoms with E-state index in [1.54, 1.807) is 0 Å². The quantitative estimate of drug-likeness (QED) is 0.810. The van der Waals surface area contributed by atoms with Crippen LogP contribution in [-0.4, -0.2) is 42.3 Å². The minimum Gasteiger partial charge on any atom is -0.390 e. The van der Waals surface area contributed by atoms with Gasteiger partial charge in [-0.15, -0.1) is 0 Å². The first kappa shape index (κ1) is 15.6. The van der Waals surface area contributed by atoms with Gasteiger partial charge in [-0.2, -0.15) is 0 Å². The summed E-state index contributed by atoms with van der Waals surface area (Å²) >= 11 is 3.47. The Hall–Kier alpha value is -0.420. The monoisotopic (exact) mass is 314 g/mol. The van der Waals surface area contributed by atoms with Crippen LogP contribution in [0.15, 0.2) is 28.7 Å². The van der Waals surface area contributed by atoms with Crippen molar-refractivity contribution in [1.82, 2.24) is 10.2 Å². The van der Waals surface area contributed by atoms with E-state index in [1.807, 2.05) is 19.2 Å². The molecular weight excluding hydrogens is 292 g/mol. The van der Waals surface area contributed by atoms with Crippen LogP contribution in [0.1, 0.15) is 19.4 Å². The Morgan fingerprint density at radius 1 is 1.39 bits per heavy atom. The zero-order valence-electron chi connectivity index (χ0n) is 11.4. The number of nitrogens with zero attached hydrogens (tertiary/aromatic N) is 1. The van der Waals surface area contributed by atoms with Crippen molar-refractivity contribution in [2.45, 2.75) is 32.5 Å². The Bertz CT molecular complexity index is 357. The van der Waals surface area contributed by atoms with Gasteiger partial charge < -0.3 is 10.4 Å². The molecule has 0 spiro atoms. The summed E-state index contributed by atoms with van der Waals surface area (Å²) in [7, 11) is 2.03. The second-order valence-corrected chi connectivity index (χ2v) is 5.96. The van der Waals surface area contributed by atoms with E-state index >= 15 is 0 Å². The molecule has 2 N–H and O–H groups in total. The fourth-order valence-electron chi connectivity index (χ4n) is 1.81. The smallest absolute Gasteiger partial charge is 0.0791 e. The third-order valence-corrected chi connectivity index (χ3v) is 3.12. The van der Waals surface area contributed by atoms with Crippen LogP contribution in [-0.2, 0) is 6.54 Å². The van der Waals surface area contributed by atoms with E-state index in [0.717, 1.165) is 11.0 Å². The maximum absolute atomic E-state index is 9.89. The molecule has 0 amide bonds. The summed E-state index contributed by atoms with van der Waals surface area (Å²) in [6.45, 7) is 6.32. The molecule has 0 saturated heterocycles. The van der Waals surface area contributed by atoms with Crippen molar-refractivity contribution in [3.05, 3.63) is 34.3 Å². The normalized spacial score (nSPS) is 13.3. The van der Waals surface area contributed by atoms with Crippen LogP contribution in [0.4, 0.5) is 0 Å². The molecule has 1 atom stereocenters. The van der Waals surface area contributed by atoms with Gasteiger partial charge in [0.1, 0.15) is 0 Å². The van der Waals surface area contributed by atoms with Crippen molar-refractivity contribution in [2.24, 2.45) is 0 Å². The molecule has 1 unspecified atom stereocenters. The van der Waals surface area contributed by atoms with Gasteiger partial charge in [0.15, 0.2) is 0 Å². The first-order valence-corrected chi connectivity index (χ1v) is 7.11. The third-order valence-electron chi connectivity index (χ3n) is 2.63. The number of rotatable bonds is 7. The van der Waals surface area contributed by atoms with Crippen LogP contribution in [0.25, 0.3) is 0 Å². The van der Waals surface area contributed by atoms with Gasteiger partial charge in [0.25, 0.3) is 0 Å². The minimum absolute atomic E-state index is 0.329. The number of benzene rings is 1. The molecule has 0 aliphatic carbocycles. The average Bonchev–Trinajstić information content (AvgIpc) is 2.26. The summed E-state index contributed by atoms with van der Waals surface area (Å²) in [5, 5.41) is 13.1. The van der Waals surface area contributed by atoms with Crippen LogP contribution in [0, 0.1) is 0 Å². The second kappa shape index (κ2) is 7.89. The lowest BCUT2D eigenvalue weighted by Crippen LogP contribution is -2.38. The van der Waals surface area contributed by atoms with Crippen molar-refractivity contribution >= 4 is 15.9 Å². The fourth-order valence-corrected chi connectivity index (χ4v) is 2.25. The summed E-state index contributed by atoms with van der Waals surface area (Å²) in [4.78, 5) is 2.13. The summed E-state index contributed by atoms with van der Waals surface area (Å²) in [6.07, 6.45) is -0.329. The van der Waals surface area contributed by atoms with E-state index in [-0.39, 0.29) is 6.10 Å². The van der Waals surface area contributed by atoms with Crippen LogP contribution in [0.5, 0.6) is 0 Å². The maximum atomic E-state index is 9.89. The Labute approximate surface area is 118 Å². The van der Waals surface area contributed by atoms with Gasteiger partial charge in [0.2, 0.25) is 0 Å². The lowest BCUT2D eigenvalue weighted by Gasteiger charge is -2.21. The summed E-state index contributed by atoms with van der Waals surface area (Å²) in [6, 6.07) is 8.67. The topological polar surface area (TPSA) is 35.5 Å². The fraction of sp³-hybridized carbons (Fsp3) is 0.571. The van der Waals surface area contributed by atoms with Crippen molar-refractivity contribution < 1.29 is 5.11 Å². The number of halogens is 1. The average molecular weight is 315 g/mol. The Balaban J connectivity index is 2.34. The Kier molecular flexibility index (Phi) is 6.86. The van der Waals surface area contributed by atoms with Crippen LogP contribution >= 0.6 is 15.9 Å². The SMILES string of the molecule is CC(C)NCC(O)CN(C)Cc1cccc(Br)c1. The van der Waals surface area contributed by atoms with Crippen LogP contribution in [0.3, 0.4) is 0 Å². The number of hydrogen-bond donors (Lipinski definition) is 2. The van der Waals surface area contributed by atoms with Gasteiger partial charge in [-0.05, 0) is 24.7 Å². The van der Waals surface area contributed by atoms with Gasteiger partial charge in [0.05, 0.1) is 6.10 Å². The molecule has 0 saturated carbocycles.